The third-order valence-electron chi connectivity index (χ3n) is 9.76. The van der Waals surface area contributed by atoms with Gasteiger partial charge in [-0.2, -0.15) is 0 Å². The van der Waals surface area contributed by atoms with Crippen molar-refractivity contribution in [3.05, 3.63) is 128 Å². The van der Waals surface area contributed by atoms with Gasteiger partial charge >= 0.3 is 0 Å². The molecule has 2 bridgehead atoms. The van der Waals surface area contributed by atoms with E-state index in [0.29, 0.717) is 24.5 Å². The van der Waals surface area contributed by atoms with Gasteiger partial charge in [0.15, 0.2) is 0 Å². The van der Waals surface area contributed by atoms with Gasteiger partial charge in [-0.1, -0.05) is 78.9 Å². The van der Waals surface area contributed by atoms with Crippen LogP contribution in [0.5, 0.6) is 0 Å². The topological polar surface area (TPSA) is 22.1 Å². The molecule has 0 aliphatic carbocycles. The van der Waals surface area contributed by atoms with Gasteiger partial charge in [0.1, 0.15) is 18.7 Å². The maximum absolute atomic E-state index is 6.80. The molecule has 5 aromatic rings. The fourth-order valence-corrected chi connectivity index (χ4v) is 7.90. The highest BCUT2D eigenvalue weighted by atomic mass is 16.5. The minimum atomic E-state index is -0.0410. The smallest absolute Gasteiger partial charge is 0.135 e. The molecule has 3 nitrogen and oxygen atoms in total. The highest BCUT2D eigenvalue weighted by molar-refractivity contribution is 6.02. The number of ether oxygens (including phenoxy) is 1. The number of rotatable bonds is 8. The normalized spacial score (nSPS) is 24.9. The predicted molar refractivity (Wildman–Crippen MR) is 166 cm³/mol. The van der Waals surface area contributed by atoms with Crippen molar-refractivity contribution in [1.82, 2.24) is 4.98 Å². The van der Waals surface area contributed by atoms with Crippen molar-refractivity contribution in [1.29, 1.82) is 0 Å². The Morgan fingerprint density at radius 2 is 1.60 bits per heavy atom. The molecular weight excluding hydrogens is 488 g/mol. The van der Waals surface area contributed by atoms with Gasteiger partial charge in [0.05, 0.1) is 25.2 Å². The summed E-state index contributed by atoms with van der Waals surface area (Å²) in [5, 5.41) is 6.56. The summed E-state index contributed by atoms with van der Waals surface area (Å²) in [5.74, 6) is 1.18. The van der Waals surface area contributed by atoms with Crippen LogP contribution in [0.2, 0.25) is 0 Å². The number of hydrogen-bond acceptors (Lipinski definition) is 2. The van der Waals surface area contributed by atoms with Gasteiger partial charge in [-0.05, 0) is 51.2 Å². The zero-order valence-electron chi connectivity index (χ0n) is 23.1. The van der Waals surface area contributed by atoms with Gasteiger partial charge < -0.3 is 9.22 Å². The number of quaternary nitrogens is 1. The van der Waals surface area contributed by atoms with Crippen LogP contribution < -0.4 is 0 Å². The molecule has 0 spiro atoms. The highest BCUT2D eigenvalue weighted by Gasteiger charge is 2.54. The van der Waals surface area contributed by atoms with Crippen molar-refractivity contribution in [3.63, 3.8) is 0 Å². The van der Waals surface area contributed by atoms with Crippen molar-refractivity contribution in [2.75, 3.05) is 19.7 Å². The van der Waals surface area contributed by atoms with Crippen LogP contribution in [0, 0.1) is 11.8 Å². The van der Waals surface area contributed by atoms with Gasteiger partial charge in [-0.15, -0.1) is 13.2 Å². The standard InChI is InChI=1S/C37H37N2O/c1-3-21-40-37(33-17-19-38-35-16-10-9-15-32(33)35)36-23-27-18-20-39(36,24-26(27)4-2)25-34-30-13-7-5-11-28(30)22-29-12-6-8-14-31(29)34/h3-17,19,22,26-27,36-37H,1-2,18,20-21,23-25H2/q+1/t26-,27-,36-,37+,39+/m0/s1. The maximum Gasteiger partial charge on any atom is 0.135 e. The number of pyridine rings is 1. The molecule has 3 saturated heterocycles. The monoisotopic (exact) mass is 525 g/mol. The summed E-state index contributed by atoms with van der Waals surface area (Å²) in [6.07, 6.45) is 8.41. The van der Waals surface area contributed by atoms with E-state index in [9.17, 15) is 0 Å². The molecule has 3 aliphatic rings. The van der Waals surface area contributed by atoms with E-state index in [1.807, 2.05) is 12.3 Å². The minimum Gasteiger partial charge on any atom is -0.363 e. The lowest BCUT2D eigenvalue weighted by molar-refractivity contribution is -0.984. The Morgan fingerprint density at radius 3 is 2.33 bits per heavy atom. The quantitative estimate of drug-likeness (QED) is 0.115. The van der Waals surface area contributed by atoms with Gasteiger partial charge in [0.2, 0.25) is 0 Å². The van der Waals surface area contributed by atoms with E-state index in [1.54, 1.807) is 0 Å². The van der Waals surface area contributed by atoms with Crippen molar-refractivity contribution >= 4 is 32.4 Å². The van der Waals surface area contributed by atoms with E-state index in [4.69, 9.17) is 4.74 Å². The molecule has 5 atom stereocenters. The molecule has 8 rings (SSSR count). The zero-order chi connectivity index (χ0) is 27.1. The summed E-state index contributed by atoms with van der Waals surface area (Å²) in [4.78, 5) is 4.68. The molecule has 40 heavy (non-hydrogen) atoms. The average Bonchev–Trinajstić information content (AvgIpc) is 3.01. The molecule has 0 unspecified atom stereocenters. The third-order valence-corrected chi connectivity index (χ3v) is 9.76. The summed E-state index contributed by atoms with van der Waals surface area (Å²) in [6.45, 7) is 12.1. The number of benzene rings is 4. The van der Waals surface area contributed by atoms with E-state index < -0.39 is 0 Å². The number of para-hydroxylation sites is 1. The molecule has 1 aromatic heterocycles. The number of hydrogen-bond donors (Lipinski definition) is 0. The Labute approximate surface area is 237 Å². The van der Waals surface area contributed by atoms with Gasteiger partial charge in [0, 0.05) is 35.9 Å². The molecule has 0 N–H and O–H groups in total. The van der Waals surface area contributed by atoms with Gasteiger partial charge in [-0.3, -0.25) is 4.98 Å². The second kappa shape index (κ2) is 10.3. The fraction of sp³-hybridized carbons (Fsp3) is 0.270. The molecule has 200 valence electrons. The Kier molecular flexibility index (Phi) is 6.50. The minimum absolute atomic E-state index is 0.0410. The summed E-state index contributed by atoms with van der Waals surface area (Å²) >= 11 is 0. The third kappa shape index (κ3) is 4.16. The van der Waals surface area contributed by atoms with E-state index >= 15 is 0 Å². The number of nitrogens with zero attached hydrogens (tertiary/aromatic N) is 2. The molecule has 3 aliphatic heterocycles. The molecule has 3 heteroatoms. The molecule has 0 amide bonds. The Morgan fingerprint density at radius 1 is 0.900 bits per heavy atom. The first-order valence-electron chi connectivity index (χ1n) is 14.6. The predicted octanol–water partition coefficient (Wildman–Crippen LogP) is 8.40. The number of piperidine rings is 3. The van der Waals surface area contributed by atoms with Crippen molar-refractivity contribution in [3.8, 4) is 0 Å². The molecule has 4 aromatic carbocycles. The van der Waals surface area contributed by atoms with Crippen LogP contribution in [0.25, 0.3) is 32.4 Å². The van der Waals surface area contributed by atoms with Crippen LogP contribution in [0.1, 0.15) is 30.1 Å². The Bertz CT molecular complexity index is 1670. The van der Waals surface area contributed by atoms with Crippen LogP contribution in [0.4, 0.5) is 0 Å². The van der Waals surface area contributed by atoms with Crippen LogP contribution in [-0.2, 0) is 11.3 Å². The van der Waals surface area contributed by atoms with Gasteiger partial charge in [0.25, 0.3) is 0 Å². The molecule has 0 radical (unpaired) electrons. The summed E-state index contributed by atoms with van der Waals surface area (Å²) < 4.78 is 7.81. The first-order chi connectivity index (χ1) is 19.7. The zero-order valence-corrected chi connectivity index (χ0v) is 23.1. The Balaban J connectivity index is 1.41. The van der Waals surface area contributed by atoms with Crippen molar-refractivity contribution in [2.45, 2.75) is 31.5 Å². The lowest BCUT2D eigenvalue weighted by atomic mass is 9.70. The summed E-state index contributed by atoms with van der Waals surface area (Å²) in [6, 6.07) is 31.2. The lowest BCUT2D eigenvalue weighted by Crippen LogP contribution is -2.67. The second-order valence-electron chi connectivity index (χ2n) is 11.8. The van der Waals surface area contributed by atoms with Crippen LogP contribution >= 0.6 is 0 Å². The largest absolute Gasteiger partial charge is 0.363 e. The van der Waals surface area contributed by atoms with E-state index in [0.717, 1.165) is 36.1 Å². The van der Waals surface area contributed by atoms with Crippen LogP contribution in [0.3, 0.4) is 0 Å². The lowest BCUT2D eigenvalue weighted by Gasteiger charge is -2.58. The summed E-state index contributed by atoms with van der Waals surface area (Å²) in [7, 11) is 0. The van der Waals surface area contributed by atoms with Crippen molar-refractivity contribution < 1.29 is 9.22 Å². The second-order valence-corrected chi connectivity index (χ2v) is 11.8. The molecule has 0 saturated carbocycles. The van der Waals surface area contributed by atoms with E-state index in [2.05, 4.69) is 109 Å². The molecular formula is C37H37N2O+. The maximum atomic E-state index is 6.80. The van der Waals surface area contributed by atoms with E-state index in [1.165, 1.54) is 44.5 Å². The first kappa shape index (κ1) is 25.2. The average molecular weight is 526 g/mol. The number of aromatic nitrogens is 1. The van der Waals surface area contributed by atoms with Crippen LogP contribution in [0.15, 0.2) is 116 Å². The molecule has 4 heterocycles. The van der Waals surface area contributed by atoms with Gasteiger partial charge in [-0.25, -0.2) is 0 Å². The fourth-order valence-electron chi connectivity index (χ4n) is 7.90. The summed E-state index contributed by atoms with van der Waals surface area (Å²) in [5.41, 5.74) is 3.74. The first-order valence-corrected chi connectivity index (χ1v) is 14.6. The number of fused-ring (bicyclic) bond motifs is 6. The van der Waals surface area contributed by atoms with E-state index in [-0.39, 0.29) is 6.10 Å². The Hall–Kier alpha value is -3.79. The SMILES string of the molecule is C=CCO[C@H](c1ccnc2ccccc12)[C@@H]1C[C@@H]2CC[N@+]1(Cc1c3ccccc3cc3ccccc13)C[C@@H]2C=C. The molecule has 3 fully saturated rings. The van der Waals surface area contributed by atoms with Crippen molar-refractivity contribution in [2.24, 2.45) is 11.8 Å². The highest BCUT2D eigenvalue weighted by Crippen LogP contribution is 2.50. The van der Waals surface area contributed by atoms with Crippen LogP contribution in [-0.4, -0.2) is 35.2 Å².